The Hall–Kier alpha value is -0.340. The molecule has 0 amide bonds. The minimum atomic E-state index is 0.226. The van der Waals surface area contributed by atoms with Crippen LogP contribution in [0.4, 0.5) is 0 Å². The maximum Gasteiger partial charge on any atom is 0.0294 e. The maximum absolute atomic E-state index is 6.11. The predicted molar refractivity (Wildman–Crippen MR) is 63.0 cm³/mol. The molecule has 0 heterocycles. The van der Waals surface area contributed by atoms with Crippen LogP contribution in [0.3, 0.4) is 0 Å². The van der Waals surface area contributed by atoms with E-state index in [1.54, 1.807) is 0 Å². The van der Waals surface area contributed by atoms with E-state index in [0.717, 1.165) is 16.8 Å². The molecule has 1 aliphatic rings. The molecule has 14 heavy (non-hydrogen) atoms. The molecule has 1 saturated carbocycles. The largest absolute Gasteiger partial charge is 0.324 e. The van der Waals surface area contributed by atoms with Crippen molar-refractivity contribution < 1.29 is 0 Å². The summed E-state index contributed by atoms with van der Waals surface area (Å²) in [6.45, 7) is 0. The van der Waals surface area contributed by atoms with Crippen LogP contribution in [0.25, 0.3) is 0 Å². The fraction of sp³-hybridized carbons (Fsp3) is 0.500. The molecule has 1 fully saturated rings. The average Bonchev–Trinajstić information content (AvgIpc) is 2.99. The van der Waals surface area contributed by atoms with E-state index in [1.165, 1.54) is 24.8 Å². The highest BCUT2D eigenvalue weighted by Gasteiger charge is 2.21. The lowest BCUT2D eigenvalue weighted by Gasteiger charge is -2.11. The molecule has 0 radical (unpaired) electrons. The normalized spacial score (nSPS) is 18.1. The van der Waals surface area contributed by atoms with E-state index in [1.807, 2.05) is 0 Å². The quantitative estimate of drug-likeness (QED) is 0.872. The molecule has 1 unspecified atom stereocenters. The van der Waals surface area contributed by atoms with Crippen molar-refractivity contribution >= 4 is 15.9 Å². The van der Waals surface area contributed by atoms with Crippen molar-refractivity contribution in [3.8, 4) is 0 Å². The first-order chi connectivity index (χ1) is 6.75. The van der Waals surface area contributed by atoms with Crippen LogP contribution in [0.2, 0.25) is 0 Å². The van der Waals surface area contributed by atoms with Gasteiger partial charge in [-0.1, -0.05) is 40.9 Å². The van der Waals surface area contributed by atoms with Crippen LogP contribution in [-0.4, -0.2) is 0 Å². The van der Waals surface area contributed by atoms with Crippen molar-refractivity contribution in [2.24, 2.45) is 11.7 Å². The molecular weight excluding hydrogens is 238 g/mol. The summed E-state index contributed by atoms with van der Waals surface area (Å²) < 4.78 is 1.12. The molecule has 1 aromatic rings. The van der Waals surface area contributed by atoms with Gasteiger partial charge >= 0.3 is 0 Å². The second kappa shape index (κ2) is 4.45. The van der Waals surface area contributed by atoms with Gasteiger partial charge in [0.25, 0.3) is 0 Å². The lowest BCUT2D eigenvalue weighted by atomic mass is 10.0. The molecule has 0 saturated heterocycles. The third-order valence-corrected chi connectivity index (χ3v) is 3.41. The van der Waals surface area contributed by atoms with Gasteiger partial charge in [0, 0.05) is 10.5 Å². The highest BCUT2D eigenvalue weighted by molar-refractivity contribution is 9.10. The van der Waals surface area contributed by atoms with Gasteiger partial charge < -0.3 is 5.73 Å². The summed E-state index contributed by atoms with van der Waals surface area (Å²) >= 11 is 3.43. The van der Waals surface area contributed by atoms with Crippen molar-refractivity contribution in [3.05, 3.63) is 34.3 Å². The molecule has 1 nitrogen and oxygen atoms in total. The van der Waals surface area contributed by atoms with E-state index in [0.29, 0.717) is 0 Å². The van der Waals surface area contributed by atoms with Gasteiger partial charge in [-0.3, -0.25) is 0 Å². The third kappa shape index (κ3) is 2.82. The number of nitrogens with two attached hydrogens (primary N) is 1. The summed E-state index contributed by atoms with van der Waals surface area (Å²) in [7, 11) is 0. The van der Waals surface area contributed by atoms with Crippen LogP contribution in [0, 0.1) is 5.92 Å². The first-order valence-electron chi connectivity index (χ1n) is 5.27. The topological polar surface area (TPSA) is 26.0 Å². The molecule has 2 rings (SSSR count). The molecule has 0 bridgehead atoms. The Morgan fingerprint density at radius 1 is 1.29 bits per heavy atom. The molecular formula is C12H16BrN. The summed E-state index contributed by atoms with van der Waals surface area (Å²) in [6.07, 6.45) is 5.28. The first kappa shape index (κ1) is 10.2. The first-order valence-corrected chi connectivity index (χ1v) is 6.06. The molecule has 2 heteroatoms. The van der Waals surface area contributed by atoms with Crippen LogP contribution < -0.4 is 5.73 Å². The average molecular weight is 254 g/mol. The van der Waals surface area contributed by atoms with Crippen LogP contribution >= 0.6 is 15.9 Å². The standard InChI is InChI=1S/C12H16BrN/c13-11-6-4-10(5-7-11)12(14)8-3-9-1-2-9/h4-7,9,12H,1-3,8,14H2. The summed E-state index contributed by atoms with van der Waals surface area (Å²) in [5.41, 5.74) is 7.36. The molecule has 1 atom stereocenters. The lowest BCUT2D eigenvalue weighted by Crippen LogP contribution is -2.10. The van der Waals surface area contributed by atoms with Gasteiger partial charge in [0.15, 0.2) is 0 Å². The van der Waals surface area contributed by atoms with Crippen molar-refractivity contribution in [2.45, 2.75) is 31.7 Å². The highest BCUT2D eigenvalue weighted by atomic mass is 79.9. The van der Waals surface area contributed by atoms with Gasteiger partial charge in [-0.15, -0.1) is 0 Å². The molecule has 1 aromatic carbocycles. The van der Waals surface area contributed by atoms with Crippen LogP contribution in [-0.2, 0) is 0 Å². The number of rotatable bonds is 4. The monoisotopic (exact) mass is 253 g/mol. The van der Waals surface area contributed by atoms with Crippen LogP contribution in [0.5, 0.6) is 0 Å². The van der Waals surface area contributed by atoms with Gasteiger partial charge in [0.05, 0.1) is 0 Å². The zero-order valence-electron chi connectivity index (χ0n) is 8.25. The van der Waals surface area contributed by atoms with E-state index < -0.39 is 0 Å². The Morgan fingerprint density at radius 3 is 2.50 bits per heavy atom. The summed E-state index contributed by atoms with van der Waals surface area (Å²) in [5, 5.41) is 0. The summed E-state index contributed by atoms with van der Waals surface area (Å²) in [6, 6.07) is 8.57. The van der Waals surface area contributed by atoms with Crippen molar-refractivity contribution in [2.75, 3.05) is 0 Å². The predicted octanol–water partition coefficient (Wildman–Crippen LogP) is 3.64. The zero-order valence-corrected chi connectivity index (χ0v) is 9.83. The van der Waals surface area contributed by atoms with E-state index >= 15 is 0 Å². The van der Waals surface area contributed by atoms with Gasteiger partial charge in [0.2, 0.25) is 0 Å². The smallest absolute Gasteiger partial charge is 0.0294 e. The summed E-state index contributed by atoms with van der Waals surface area (Å²) in [4.78, 5) is 0. The molecule has 0 aliphatic heterocycles. The third-order valence-electron chi connectivity index (χ3n) is 2.88. The SMILES string of the molecule is NC(CCC1CC1)c1ccc(Br)cc1. The van der Waals surface area contributed by atoms with Gasteiger partial charge in [-0.25, -0.2) is 0 Å². The number of halogens is 1. The molecule has 2 N–H and O–H groups in total. The summed E-state index contributed by atoms with van der Waals surface area (Å²) in [5.74, 6) is 0.983. The Kier molecular flexibility index (Phi) is 3.24. The van der Waals surface area contributed by atoms with Crippen molar-refractivity contribution in [3.63, 3.8) is 0 Å². The Balaban J connectivity index is 1.88. The Morgan fingerprint density at radius 2 is 1.93 bits per heavy atom. The fourth-order valence-corrected chi connectivity index (χ4v) is 1.96. The molecule has 0 spiro atoms. The fourth-order valence-electron chi connectivity index (χ4n) is 1.70. The minimum absolute atomic E-state index is 0.226. The van der Waals surface area contributed by atoms with E-state index in [4.69, 9.17) is 5.73 Å². The maximum atomic E-state index is 6.11. The van der Waals surface area contributed by atoms with E-state index in [-0.39, 0.29) is 6.04 Å². The molecule has 76 valence electrons. The second-order valence-corrected chi connectivity index (χ2v) is 5.09. The van der Waals surface area contributed by atoms with E-state index in [9.17, 15) is 0 Å². The van der Waals surface area contributed by atoms with Gasteiger partial charge in [0.1, 0.15) is 0 Å². The molecule has 1 aliphatic carbocycles. The number of hydrogen-bond donors (Lipinski definition) is 1. The van der Waals surface area contributed by atoms with Crippen LogP contribution in [0.15, 0.2) is 28.7 Å². The number of benzene rings is 1. The van der Waals surface area contributed by atoms with Crippen molar-refractivity contribution in [1.82, 2.24) is 0 Å². The number of hydrogen-bond acceptors (Lipinski definition) is 1. The second-order valence-electron chi connectivity index (χ2n) is 4.18. The van der Waals surface area contributed by atoms with Gasteiger partial charge in [-0.2, -0.15) is 0 Å². The highest BCUT2D eigenvalue weighted by Crippen LogP contribution is 2.35. The van der Waals surface area contributed by atoms with Crippen LogP contribution in [0.1, 0.15) is 37.3 Å². The Labute approximate surface area is 93.8 Å². The zero-order chi connectivity index (χ0) is 9.97. The molecule has 0 aromatic heterocycles. The minimum Gasteiger partial charge on any atom is -0.324 e. The van der Waals surface area contributed by atoms with Crippen molar-refractivity contribution in [1.29, 1.82) is 0 Å². The van der Waals surface area contributed by atoms with Gasteiger partial charge in [-0.05, 0) is 36.5 Å². The lowest BCUT2D eigenvalue weighted by molar-refractivity contribution is 0.575. The van der Waals surface area contributed by atoms with E-state index in [2.05, 4.69) is 40.2 Å². The Bertz CT molecular complexity index is 290.